The van der Waals surface area contributed by atoms with E-state index in [0.717, 1.165) is 5.69 Å². The van der Waals surface area contributed by atoms with Gasteiger partial charge in [-0.2, -0.15) is 5.10 Å². The van der Waals surface area contributed by atoms with Gasteiger partial charge in [-0.3, -0.25) is 14.6 Å². The summed E-state index contributed by atoms with van der Waals surface area (Å²) in [6.07, 6.45) is 0. The first-order valence-electron chi connectivity index (χ1n) is 4.42. The average Bonchev–Trinajstić information content (AvgIpc) is 2.62. The number of primary amides is 1. The zero-order valence-corrected chi connectivity index (χ0v) is 7.88. The normalized spacial score (nSPS) is 15.3. The van der Waals surface area contributed by atoms with Crippen molar-refractivity contribution in [3.05, 3.63) is 30.3 Å². The molecule has 0 aliphatic carbocycles. The Morgan fingerprint density at radius 3 is 2.53 bits per heavy atom. The first-order valence-corrected chi connectivity index (χ1v) is 4.42. The van der Waals surface area contributed by atoms with Crippen LogP contribution in [0.2, 0.25) is 0 Å². The monoisotopic (exact) mass is 203 g/mol. The lowest BCUT2D eigenvalue weighted by Gasteiger charge is -2.11. The predicted octanol–water partition coefficient (Wildman–Crippen LogP) is -0.0830. The smallest absolute Gasteiger partial charge is 0.272 e. The number of carbonyl (C=O) groups is 2. The standard InChI is InChI=1S/C10H9N3O2/c11-10(15)9-8(14)6-13(12-9)7-4-2-1-3-5-7/h1-5H,6H2,(H2,11,15). The largest absolute Gasteiger partial charge is 0.364 e. The Hall–Kier alpha value is -2.17. The van der Waals surface area contributed by atoms with E-state index in [1.165, 1.54) is 5.01 Å². The molecule has 0 radical (unpaired) electrons. The number of benzene rings is 1. The molecule has 0 saturated carbocycles. The SMILES string of the molecule is NC(=O)C1=NN(c2ccccc2)CC1=O. The van der Waals surface area contributed by atoms with E-state index in [1.54, 1.807) is 12.1 Å². The number of carbonyl (C=O) groups excluding carboxylic acids is 2. The van der Waals surface area contributed by atoms with E-state index >= 15 is 0 Å². The van der Waals surface area contributed by atoms with Gasteiger partial charge in [0.25, 0.3) is 5.91 Å². The second-order valence-corrected chi connectivity index (χ2v) is 3.13. The summed E-state index contributed by atoms with van der Waals surface area (Å²) in [5.41, 5.74) is 5.60. The van der Waals surface area contributed by atoms with Crippen LogP contribution in [-0.4, -0.2) is 23.9 Å². The van der Waals surface area contributed by atoms with Crippen LogP contribution >= 0.6 is 0 Å². The van der Waals surface area contributed by atoms with Crippen molar-refractivity contribution in [3.63, 3.8) is 0 Å². The fourth-order valence-electron chi connectivity index (χ4n) is 1.36. The summed E-state index contributed by atoms with van der Waals surface area (Å²) in [6, 6.07) is 9.14. The molecule has 0 aromatic heterocycles. The molecule has 76 valence electrons. The Balaban J connectivity index is 2.29. The van der Waals surface area contributed by atoms with Crippen LogP contribution in [0.5, 0.6) is 0 Å². The lowest BCUT2D eigenvalue weighted by molar-refractivity contribution is -0.115. The van der Waals surface area contributed by atoms with E-state index in [0.29, 0.717) is 0 Å². The Bertz CT molecular complexity index is 439. The van der Waals surface area contributed by atoms with Crippen LogP contribution in [0.4, 0.5) is 5.69 Å². The fraction of sp³-hybridized carbons (Fsp3) is 0.100. The van der Waals surface area contributed by atoms with Gasteiger partial charge in [-0.15, -0.1) is 0 Å². The molecule has 0 atom stereocenters. The molecule has 0 fully saturated rings. The number of rotatable bonds is 2. The van der Waals surface area contributed by atoms with Crippen LogP contribution in [0.1, 0.15) is 0 Å². The zero-order valence-electron chi connectivity index (χ0n) is 7.88. The van der Waals surface area contributed by atoms with Crippen LogP contribution in [0.25, 0.3) is 0 Å². The summed E-state index contributed by atoms with van der Waals surface area (Å²) < 4.78 is 0. The van der Waals surface area contributed by atoms with Crippen LogP contribution in [-0.2, 0) is 9.59 Å². The minimum atomic E-state index is -0.779. The molecule has 1 aliphatic rings. The first-order chi connectivity index (χ1) is 7.18. The third-order valence-corrected chi connectivity index (χ3v) is 2.07. The Labute approximate surface area is 86.2 Å². The number of hydrazone groups is 1. The van der Waals surface area contributed by atoms with Crippen LogP contribution in [0.3, 0.4) is 0 Å². The lowest BCUT2D eigenvalue weighted by Crippen LogP contribution is -2.29. The molecule has 0 bridgehead atoms. The van der Waals surface area contributed by atoms with Gasteiger partial charge in [0, 0.05) is 0 Å². The molecule has 1 aromatic carbocycles. The molecule has 0 unspecified atom stereocenters. The van der Waals surface area contributed by atoms with Crippen LogP contribution < -0.4 is 10.7 Å². The summed E-state index contributed by atoms with van der Waals surface area (Å²) in [5, 5.41) is 5.33. The number of nitrogens with two attached hydrogens (primary N) is 1. The molecule has 5 nitrogen and oxygen atoms in total. The molecule has 1 aromatic rings. The van der Waals surface area contributed by atoms with Crippen molar-refractivity contribution in [2.24, 2.45) is 10.8 Å². The van der Waals surface area contributed by atoms with Gasteiger partial charge < -0.3 is 5.73 Å². The predicted molar refractivity (Wildman–Crippen MR) is 55.4 cm³/mol. The van der Waals surface area contributed by atoms with Gasteiger partial charge in [-0.05, 0) is 12.1 Å². The number of para-hydroxylation sites is 1. The second kappa shape index (κ2) is 3.53. The number of ketones is 1. The van der Waals surface area contributed by atoms with Crippen molar-refractivity contribution in [3.8, 4) is 0 Å². The highest BCUT2D eigenvalue weighted by Crippen LogP contribution is 2.16. The first kappa shape index (κ1) is 9.39. The Morgan fingerprint density at radius 1 is 1.33 bits per heavy atom. The molecule has 1 aliphatic heterocycles. The molecule has 15 heavy (non-hydrogen) atoms. The minimum Gasteiger partial charge on any atom is -0.364 e. The van der Waals surface area contributed by atoms with E-state index < -0.39 is 5.91 Å². The fourth-order valence-corrected chi connectivity index (χ4v) is 1.36. The van der Waals surface area contributed by atoms with E-state index in [1.807, 2.05) is 18.2 Å². The molecule has 0 spiro atoms. The number of Topliss-reactive ketones (excluding diaryl/α,β-unsaturated/α-hetero) is 1. The summed E-state index contributed by atoms with van der Waals surface area (Å²) in [7, 11) is 0. The molecule has 1 amide bonds. The van der Waals surface area contributed by atoms with Gasteiger partial charge >= 0.3 is 0 Å². The van der Waals surface area contributed by atoms with E-state index in [-0.39, 0.29) is 18.0 Å². The lowest BCUT2D eigenvalue weighted by atomic mass is 10.2. The summed E-state index contributed by atoms with van der Waals surface area (Å²) in [5.74, 6) is -1.12. The van der Waals surface area contributed by atoms with Gasteiger partial charge in [-0.25, -0.2) is 0 Å². The molecular formula is C10H9N3O2. The molecule has 2 rings (SSSR count). The molecule has 1 heterocycles. The number of amides is 1. The van der Waals surface area contributed by atoms with Gasteiger partial charge in [0.2, 0.25) is 5.78 Å². The Morgan fingerprint density at radius 2 is 2.00 bits per heavy atom. The Kier molecular flexibility index (Phi) is 2.21. The van der Waals surface area contributed by atoms with Crippen LogP contribution in [0, 0.1) is 0 Å². The third kappa shape index (κ3) is 1.71. The number of hydrogen-bond acceptors (Lipinski definition) is 4. The maximum absolute atomic E-state index is 11.3. The number of anilines is 1. The number of hydrogen-bond donors (Lipinski definition) is 1. The van der Waals surface area contributed by atoms with Crippen molar-refractivity contribution in [1.29, 1.82) is 0 Å². The van der Waals surface area contributed by atoms with Crippen molar-refractivity contribution >= 4 is 23.1 Å². The zero-order chi connectivity index (χ0) is 10.8. The molecule has 5 heteroatoms. The molecule has 0 saturated heterocycles. The maximum atomic E-state index is 11.3. The molecule has 2 N–H and O–H groups in total. The summed E-state index contributed by atoms with van der Waals surface area (Å²) in [6.45, 7) is 0.0717. The highest BCUT2D eigenvalue weighted by atomic mass is 16.2. The van der Waals surface area contributed by atoms with Gasteiger partial charge in [0.05, 0.1) is 5.69 Å². The van der Waals surface area contributed by atoms with E-state index in [9.17, 15) is 9.59 Å². The van der Waals surface area contributed by atoms with E-state index in [4.69, 9.17) is 5.73 Å². The second-order valence-electron chi connectivity index (χ2n) is 3.13. The average molecular weight is 203 g/mol. The number of nitrogens with zero attached hydrogens (tertiary/aromatic N) is 2. The van der Waals surface area contributed by atoms with Gasteiger partial charge in [-0.1, -0.05) is 18.2 Å². The summed E-state index contributed by atoms with van der Waals surface area (Å²) in [4.78, 5) is 22.2. The molecular weight excluding hydrogens is 194 g/mol. The van der Waals surface area contributed by atoms with Crippen molar-refractivity contribution in [1.82, 2.24) is 0 Å². The van der Waals surface area contributed by atoms with Gasteiger partial charge in [0.1, 0.15) is 6.54 Å². The van der Waals surface area contributed by atoms with Gasteiger partial charge in [0.15, 0.2) is 5.71 Å². The van der Waals surface area contributed by atoms with E-state index in [2.05, 4.69) is 5.10 Å². The topological polar surface area (TPSA) is 75.8 Å². The minimum absolute atomic E-state index is 0.0717. The van der Waals surface area contributed by atoms with Crippen molar-refractivity contribution in [2.45, 2.75) is 0 Å². The quantitative estimate of drug-likeness (QED) is 0.730. The van der Waals surface area contributed by atoms with Crippen LogP contribution in [0.15, 0.2) is 35.4 Å². The highest BCUT2D eigenvalue weighted by Gasteiger charge is 2.28. The highest BCUT2D eigenvalue weighted by molar-refractivity contribution is 6.67. The summed E-state index contributed by atoms with van der Waals surface area (Å²) >= 11 is 0. The third-order valence-electron chi connectivity index (χ3n) is 2.07. The van der Waals surface area contributed by atoms with Crippen molar-refractivity contribution in [2.75, 3.05) is 11.6 Å². The maximum Gasteiger partial charge on any atom is 0.272 e. The van der Waals surface area contributed by atoms with Crippen molar-refractivity contribution < 1.29 is 9.59 Å².